The van der Waals surface area contributed by atoms with Gasteiger partial charge < -0.3 is 4.74 Å². The molecule has 0 amide bonds. The smallest absolute Gasteiger partial charge is 0.162 e. The van der Waals surface area contributed by atoms with E-state index in [1.807, 2.05) is 0 Å². The minimum atomic E-state index is -0.0340. The molecule has 1 heterocycles. The van der Waals surface area contributed by atoms with Crippen molar-refractivity contribution in [1.29, 1.82) is 0 Å². The van der Waals surface area contributed by atoms with Crippen LogP contribution < -0.4 is 4.74 Å². The third-order valence-corrected chi connectivity index (χ3v) is 2.06. The lowest BCUT2D eigenvalue weighted by Crippen LogP contribution is -1.96. The molecule has 0 N–H and O–H groups in total. The summed E-state index contributed by atoms with van der Waals surface area (Å²) in [6.07, 6.45) is 1.55. The standard InChI is InChI=1S/C8H8BrNO2/c1-5(11)7-3-6(12-2)4-10-8(7)9/h3-4H,1-2H3. The molecule has 0 bridgehead atoms. The molecule has 0 spiro atoms. The zero-order valence-electron chi connectivity index (χ0n) is 6.80. The maximum absolute atomic E-state index is 11.0. The molecule has 64 valence electrons. The number of pyridine rings is 1. The SMILES string of the molecule is COc1cnc(Br)c(C(C)=O)c1. The predicted molar refractivity (Wildman–Crippen MR) is 48.5 cm³/mol. The van der Waals surface area contributed by atoms with Gasteiger partial charge in [-0.05, 0) is 28.9 Å². The summed E-state index contributed by atoms with van der Waals surface area (Å²) in [5.74, 6) is 0.552. The van der Waals surface area contributed by atoms with Crippen molar-refractivity contribution in [2.45, 2.75) is 6.92 Å². The van der Waals surface area contributed by atoms with Gasteiger partial charge >= 0.3 is 0 Å². The van der Waals surface area contributed by atoms with Gasteiger partial charge in [0, 0.05) is 0 Å². The van der Waals surface area contributed by atoms with Crippen LogP contribution in [0, 0.1) is 0 Å². The quantitative estimate of drug-likeness (QED) is 0.576. The molecular formula is C8H8BrNO2. The summed E-state index contributed by atoms with van der Waals surface area (Å²) in [4.78, 5) is 15.0. The van der Waals surface area contributed by atoms with Gasteiger partial charge in [-0.1, -0.05) is 0 Å². The van der Waals surface area contributed by atoms with E-state index in [4.69, 9.17) is 4.74 Å². The minimum absolute atomic E-state index is 0.0340. The van der Waals surface area contributed by atoms with Crippen LogP contribution >= 0.6 is 15.9 Å². The Morgan fingerprint density at radius 2 is 2.33 bits per heavy atom. The summed E-state index contributed by atoms with van der Waals surface area (Å²) in [6, 6.07) is 1.65. The lowest BCUT2D eigenvalue weighted by Gasteiger charge is -2.02. The van der Waals surface area contributed by atoms with Gasteiger partial charge in [-0.3, -0.25) is 4.79 Å². The van der Waals surface area contributed by atoms with Gasteiger partial charge in [0.15, 0.2) is 5.78 Å². The highest BCUT2D eigenvalue weighted by Crippen LogP contribution is 2.19. The molecule has 1 aromatic rings. The number of halogens is 1. The van der Waals surface area contributed by atoms with E-state index >= 15 is 0 Å². The molecular weight excluding hydrogens is 222 g/mol. The second kappa shape index (κ2) is 3.67. The van der Waals surface area contributed by atoms with Crippen molar-refractivity contribution in [2.24, 2.45) is 0 Å². The van der Waals surface area contributed by atoms with Crippen molar-refractivity contribution < 1.29 is 9.53 Å². The summed E-state index contributed by atoms with van der Waals surface area (Å²) in [5.41, 5.74) is 0.536. The Bertz CT molecular complexity index is 312. The molecule has 1 aromatic heterocycles. The van der Waals surface area contributed by atoms with Crippen molar-refractivity contribution in [3.8, 4) is 5.75 Å². The second-order valence-corrected chi connectivity index (χ2v) is 3.02. The molecule has 0 radical (unpaired) electrons. The lowest BCUT2D eigenvalue weighted by atomic mass is 10.2. The van der Waals surface area contributed by atoms with Gasteiger partial charge in [0.05, 0.1) is 18.9 Å². The van der Waals surface area contributed by atoms with Crippen molar-refractivity contribution in [3.63, 3.8) is 0 Å². The molecule has 0 aromatic carbocycles. The average molecular weight is 230 g/mol. The Morgan fingerprint density at radius 1 is 1.67 bits per heavy atom. The highest BCUT2D eigenvalue weighted by Gasteiger charge is 2.07. The fourth-order valence-electron chi connectivity index (χ4n) is 0.787. The van der Waals surface area contributed by atoms with Gasteiger partial charge in [-0.15, -0.1) is 0 Å². The van der Waals surface area contributed by atoms with Gasteiger partial charge in [-0.2, -0.15) is 0 Å². The molecule has 0 saturated carbocycles. The number of hydrogen-bond donors (Lipinski definition) is 0. The molecule has 0 fully saturated rings. The maximum atomic E-state index is 11.0. The van der Waals surface area contributed by atoms with E-state index in [0.29, 0.717) is 15.9 Å². The van der Waals surface area contributed by atoms with E-state index < -0.39 is 0 Å². The first kappa shape index (κ1) is 9.19. The molecule has 0 aliphatic rings. The highest BCUT2D eigenvalue weighted by atomic mass is 79.9. The monoisotopic (exact) mass is 229 g/mol. The van der Waals surface area contributed by atoms with Crippen LogP contribution in [0.5, 0.6) is 5.75 Å². The number of methoxy groups -OCH3 is 1. The van der Waals surface area contributed by atoms with Gasteiger partial charge in [-0.25, -0.2) is 4.98 Å². The first-order chi connectivity index (χ1) is 5.65. The molecule has 0 atom stereocenters. The molecule has 0 saturated heterocycles. The van der Waals surface area contributed by atoms with E-state index in [2.05, 4.69) is 20.9 Å². The number of nitrogens with zero attached hydrogens (tertiary/aromatic N) is 1. The molecule has 0 unspecified atom stereocenters. The van der Waals surface area contributed by atoms with Crippen molar-refractivity contribution in [3.05, 3.63) is 22.4 Å². The number of rotatable bonds is 2. The normalized spacial score (nSPS) is 9.58. The van der Waals surface area contributed by atoms with Crippen LogP contribution in [0.2, 0.25) is 0 Å². The first-order valence-electron chi connectivity index (χ1n) is 3.35. The Kier molecular flexibility index (Phi) is 2.81. The van der Waals surface area contributed by atoms with Crippen LogP contribution in [-0.2, 0) is 0 Å². The van der Waals surface area contributed by atoms with Crippen LogP contribution in [0.25, 0.3) is 0 Å². The highest BCUT2D eigenvalue weighted by molar-refractivity contribution is 9.10. The third-order valence-electron chi connectivity index (χ3n) is 1.43. The molecule has 4 heteroatoms. The number of hydrogen-bond acceptors (Lipinski definition) is 3. The lowest BCUT2D eigenvalue weighted by molar-refractivity contribution is 0.101. The topological polar surface area (TPSA) is 39.2 Å². The van der Waals surface area contributed by atoms with E-state index in [9.17, 15) is 4.79 Å². The molecule has 3 nitrogen and oxygen atoms in total. The Balaban J connectivity index is 3.17. The summed E-state index contributed by atoms with van der Waals surface area (Å²) in [7, 11) is 1.54. The predicted octanol–water partition coefficient (Wildman–Crippen LogP) is 2.06. The minimum Gasteiger partial charge on any atom is -0.495 e. The Labute approximate surface area is 78.9 Å². The molecule has 1 rings (SSSR count). The van der Waals surface area contributed by atoms with E-state index in [1.165, 1.54) is 14.0 Å². The van der Waals surface area contributed by atoms with E-state index in [0.717, 1.165) is 0 Å². The van der Waals surface area contributed by atoms with Crippen LogP contribution in [0.1, 0.15) is 17.3 Å². The van der Waals surface area contributed by atoms with Gasteiger partial charge in [0.25, 0.3) is 0 Å². The summed E-state index contributed by atoms with van der Waals surface area (Å²) in [5, 5.41) is 0. The zero-order valence-corrected chi connectivity index (χ0v) is 8.38. The average Bonchev–Trinajstić information content (AvgIpc) is 2.05. The second-order valence-electron chi connectivity index (χ2n) is 2.27. The first-order valence-corrected chi connectivity index (χ1v) is 4.15. The number of ketones is 1. The van der Waals surface area contributed by atoms with Crippen molar-refractivity contribution in [1.82, 2.24) is 4.98 Å². The fourth-order valence-corrected chi connectivity index (χ4v) is 1.28. The summed E-state index contributed by atoms with van der Waals surface area (Å²) >= 11 is 3.17. The van der Waals surface area contributed by atoms with Gasteiger partial charge in [0.2, 0.25) is 0 Å². The molecule has 0 aliphatic heterocycles. The van der Waals surface area contributed by atoms with E-state index in [-0.39, 0.29) is 5.78 Å². The van der Waals surface area contributed by atoms with Crippen LogP contribution in [0.15, 0.2) is 16.9 Å². The number of ether oxygens (including phenoxy) is 1. The Hall–Kier alpha value is -0.900. The maximum Gasteiger partial charge on any atom is 0.162 e. The fraction of sp³-hybridized carbons (Fsp3) is 0.250. The van der Waals surface area contributed by atoms with E-state index in [1.54, 1.807) is 12.3 Å². The Morgan fingerprint density at radius 3 is 2.83 bits per heavy atom. The number of carbonyl (C=O) groups excluding carboxylic acids is 1. The summed E-state index contributed by atoms with van der Waals surface area (Å²) < 4.78 is 5.48. The zero-order chi connectivity index (χ0) is 9.14. The van der Waals surface area contributed by atoms with Crippen LogP contribution in [0.4, 0.5) is 0 Å². The number of aromatic nitrogens is 1. The van der Waals surface area contributed by atoms with Crippen molar-refractivity contribution >= 4 is 21.7 Å². The summed E-state index contributed by atoms with van der Waals surface area (Å²) in [6.45, 7) is 1.49. The van der Waals surface area contributed by atoms with Gasteiger partial charge in [0.1, 0.15) is 10.4 Å². The largest absolute Gasteiger partial charge is 0.495 e. The number of carbonyl (C=O) groups is 1. The molecule has 12 heavy (non-hydrogen) atoms. The van der Waals surface area contributed by atoms with Crippen LogP contribution in [0.3, 0.4) is 0 Å². The number of Topliss-reactive ketones (excluding diaryl/α,β-unsaturated/α-hetero) is 1. The van der Waals surface area contributed by atoms with Crippen LogP contribution in [-0.4, -0.2) is 17.9 Å². The third kappa shape index (κ3) is 1.82. The molecule has 0 aliphatic carbocycles. The van der Waals surface area contributed by atoms with Crippen molar-refractivity contribution in [2.75, 3.05) is 7.11 Å².